The molecule has 0 unspecified atom stereocenters. The van der Waals surface area contributed by atoms with Gasteiger partial charge in [0.15, 0.2) is 6.61 Å². The standard InChI is InChI=1S/C15H21NO4/c1-12-6-5-7-13(10-12)20-11-14(17)16-9-4-2-3-8-15(18)19/h5-7,10H,2-4,8-9,11H2,1H3,(H,16,17)(H,18,19). The van der Waals surface area contributed by atoms with Gasteiger partial charge in [0.05, 0.1) is 0 Å². The lowest BCUT2D eigenvalue weighted by molar-refractivity contribution is -0.137. The zero-order valence-corrected chi connectivity index (χ0v) is 11.7. The lowest BCUT2D eigenvalue weighted by Gasteiger charge is -2.07. The van der Waals surface area contributed by atoms with Crippen molar-refractivity contribution in [2.75, 3.05) is 13.2 Å². The first-order valence-corrected chi connectivity index (χ1v) is 6.76. The van der Waals surface area contributed by atoms with Crippen molar-refractivity contribution < 1.29 is 19.4 Å². The Labute approximate surface area is 118 Å². The van der Waals surface area contributed by atoms with Crippen LogP contribution in [-0.2, 0) is 9.59 Å². The number of amides is 1. The third-order valence-electron chi connectivity index (χ3n) is 2.75. The molecule has 0 aliphatic rings. The summed E-state index contributed by atoms with van der Waals surface area (Å²) in [6.07, 6.45) is 2.41. The van der Waals surface area contributed by atoms with Crippen molar-refractivity contribution in [1.82, 2.24) is 5.32 Å². The lowest BCUT2D eigenvalue weighted by Crippen LogP contribution is -2.29. The second-order valence-corrected chi connectivity index (χ2v) is 4.66. The van der Waals surface area contributed by atoms with Gasteiger partial charge in [-0.15, -0.1) is 0 Å². The van der Waals surface area contributed by atoms with E-state index in [1.807, 2.05) is 31.2 Å². The van der Waals surface area contributed by atoms with E-state index in [4.69, 9.17) is 9.84 Å². The van der Waals surface area contributed by atoms with E-state index in [-0.39, 0.29) is 18.9 Å². The summed E-state index contributed by atoms with van der Waals surface area (Å²) in [6, 6.07) is 7.53. The number of benzene rings is 1. The topological polar surface area (TPSA) is 75.6 Å². The molecule has 1 rings (SSSR count). The highest BCUT2D eigenvalue weighted by Gasteiger charge is 2.02. The summed E-state index contributed by atoms with van der Waals surface area (Å²) in [5, 5.41) is 11.2. The molecule has 0 atom stereocenters. The van der Waals surface area contributed by atoms with Gasteiger partial charge in [-0.05, 0) is 37.5 Å². The first-order chi connectivity index (χ1) is 9.58. The number of ether oxygens (including phenoxy) is 1. The number of rotatable bonds is 9. The summed E-state index contributed by atoms with van der Waals surface area (Å²) in [7, 11) is 0. The molecule has 0 aromatic heterocycles. The Kier molecular flexibility index (Phi) is 7.17. The molecule has 1 amide bonds. The van der Waals surface area contributed by atoms with E-state index < -0.39 is 5.97 Å². The monoisotopic (exact) mass is 279 g/mol. The van der Waals surface area contributed by atoms with E-state index in [0.717, 1.165) is 18.4 Å². The Balaban J connectivity index is 2.07. The maximum absolute atomic E-state index is 11.5. The third kappa shape index (κ3) is 7.41. The molecule has 0 heterocycles. The summed E-state index contributed by atoms with van der Waals surface area (Å²) < 4.78 is 5.37. The van der Waals surface area contributed by atoms with E-state index in [1.54, 1.807) is 0 Å². The first-order valence-electron chi connectivity index (χ1n) is 6.76. The van der Waals surface area contributed by atoms with Crippen LogP contribution >= 0.6 is 0 Å². The van der Waals surface area contributed by atoms with Gasteiger partial charge in [0.2, 0.25) is 0 Å². The molecular formula is C15H21NO4. The van der Waals surface area contributed by atoms with Gasteiger partial charge >= 0.3 is 5.97 Å². The molecule has 0 aliphatic heterocycles. The molecular weight excluding hydrogens is 258 g/mol. The van der Waals surface area contributed by atoms with Crippen LogP contribution in [0.2, 0.25) is 0 Å². The maximum atomic E-state index is 11.5. The number of hydrogen-bond acceptors (Lipinski definition) is 3. The van der Waals surface area contributed by atoms with Crippen LogP contribution in [0.5, 0.6) is 5.75 Å². The minimum atomic E-state index is -0.777. The summed E-state index contributed by atoms with van der Waals surface area (Å²) in [6.45, 7) is 2.51. The fraction of sp³-hybridized carbons (Fsp3) is 0.467. The van der Waals surface area contributed by atoms with Crippen LogP contribution in [0.1, 0.15) is 31.2 Å². The smallest absolute Gasteiger partial charge is 0.303 e. The molecule has 110 valence electrons. The van der Waals surface area contributed by atoms with Crippen molar-refractivity contribution in [3.63, 3.8) is 0 Å². The van der Waals surface area contributed by atoms with Crippen LogP contribution in [-0.4, -0.2) is 30.1 Å². The van der Waals surface area contributed by atoms with E-state index in [1.165, 1.54) is 0 Å². The maximum Gasteiger partial charge on any atom is 0.303 e. The second kappa shape index (κ2) is 8.96. The number of carboxylic acid groups (broad SMARTS) is 1. The SMILES string of the molecule is Cc1cccc(OCC(=O)NCCCCCC(=O)O)c1. The predicted octanol–water partition coefficient (Wildman–Crippen LogP) is 2.14. The van der Waals surface area contributed by atoms with Crippen LogP contribution in [0.4, 0.5) is 0 Å². The number of carbonyl (C=O) groups excluding carboxylic acids is 1. The molecule has 0 bridgehead atoms. The second-order valence-electron chi connectivity index (χ2n) is 4.66. The highest BCUT2D eigenvalue weighted by Crippen LogP contribution is 2.11. The molecule has 0 saturated carbocycles. The highest BCUT2D eigenvalue weighted by atomic mass is 16.5. The Morgan fingerprint density at radius 3 is 2.75 bits per heavy atom. The van der Waals surface area contributed by atoms with Crippen molar-refractivity contribution in [2.45, 2.75) is 32.6 Å². The van der Waals surface area contributed by atoms with Gasteiger partial charge in [-0.25, -0.2) is 0 Å². The minimum Gasteiger partial charge on any atom is -0.484 e. The van der Waals surface area contributed by atoms with Crippen molar-refractivity contribution >= 4 is 11.9 Å². The molecule has 2 N–H and O–H groups in total. The summed E-state index contributed by atoms with van der Waals surface area (Å²) in [4.78, 5) is 21.8. The molecule has 5 heteroatoms. The zero-order valence-electron chi connectivity index (χ0n) is 11.7. The number of unbranched alkanes of at least 4 members (excludes halogenated alkanes) is 2. The number of nitrogens with one attached hydrogen (secondary N) is 1. The highest BCUT2D eigenvalue weighted by molar-refractivity contribution is 5.77. The first kappa shape index (κ1) is 16.0. The molecule has 0 fully saturated rings. The third-order valence-corrected chi connectivity index (χ3v) is 2.75. The number of carboxylic acids is 1. The van der Waals surface area contributed by atoms with Gasteiger partial charge in [0.1, 0.15) is 5.75 Å². The van der Waals surface area contributed by atoms with E-state index in [0.29, 0.717) is 18.7 Å². The average molecular weight is 279 g/mol. The lowest BCUT2D eigenvalue weighted by atomic mass is 10.2. The Bertz CT molecular complexity index is 445. The molecule has 0 aliphatic carbocycles. The van der Waals surface area contributed by atoms with Gasteiger partial charge in [-0.1, -0.05) is 18.6 Å². The van der Waals surface area contributed by atoms with Crippen molar-refractivity contribution in [3.8, 4) is 5.75 Å². The number of hydrogen-bond donors (Lipinski definition) is 2. The zero-order chi connectivity index (χ0) is 14.8. The van der Waals surface area contributed by atoms with Crippen molar-refractivity contribution in [2.24, 2.45) is 0 Å². The quantitative estimate of drug-likeness (QED) is 0.679. The van der Waals surface area contributed by atoms with Gasteiger partial charge in [0.25, 0.3) is 5.91 Å². The average Bonchev–Trinajstić information content (AvgIpc) is 2.40. The van der Waals surface area contributed by atoms with E-state index >= 15 is 0 Å². The van der Waals surface area contributed by atoms with Crippen LogP contribution in [0.3, 0.4) is 0 Å². The van der Waals surface area contributed by atoms with Crippen LogP contribution in [0.15, 0.2) is 24.3 Å². The molecule has 0 radical (unpaired) electrons. The number of carbonyl (C=O) groups is 2. The van der Waals surface area contributed by atoms with E-state index in [2.05, 4.69) is 5.32 Å². The molecule has 20 heavy (non-hydrogen) atoms. The van der Waals surface area contributed by atoms with Crippen LogP contribution in [0.25, 0.3) is 0 Å². The van der Waals surface area contributed by atoms with Gasteiger partial charge in [-0.2, -0.15) is 0 Å². The largest absolute Gasteiger partial charge is 0.484 e. The van der Waals surface area contributed by atoms with Crippen molar-refractivity contribution in [1.29, 1.82) is 0 Å². The minimum absolute atomic E-state index is 0.00141. The predicted molar refractivity (Wildman–Crippen MR) is 75.8 cm³/mol. The molecule has 0 saturated heterocycles. The summed E-state index contributed by atoms with van der Waals surface area (Å²) >= 11 is 0. The Morgan fingerprint density at radius 2 is 2.05 bits per heavy atom. The molecule has 1 aromatic carbocycles. The van der Waals surface area contributed by atoms with Crippen molar-refractivity contribution in [3.05, 3.63) is 29.8 Å². The van der Waals surface area contributed by atoms with Gasteiger partial charge in [0, 0.05) is 13.0 Å². The number of aliphatic carboxylic acids is 1. The fourth-order valence-electron chi connectivity index (χ4n) is 1.71. The van der Waals surface area contributed by atoms with Crippen LogP contribution < -0.4 is 10.1 Å². The van der Waals surface area contributed by atoms with Gasteiger partial charge < -0.3 is 15.2 Å². The summed E-state index contributed by atoms with van der Waals surface area (Å²) in [5.74, 6) is -0.257. The fourth-order valence-corrected chi connectivity index (χ4v) is 1.71. The normalized spacial score (nSPS) is 10.1. The summed E-state index contributed by atoms with van der Waals surface area (Å²) in [5.41, 5.74) is 1.08. The molecule has 1 aromatic rings. The van der Waals surface area contributed by atoms with E-state index in [9.17, 15) is 9.59 Å². The number of aryl methyl sites for hydroxylation is 1. The molecule has 5 nitrogen and oxygen atoms in total. The Morgan fingerprint density at radius 1 is 1.25 bits per heavy atom. The van der Waals surface area contributed by atoms with Gasteiger partial charge in [-0.3, -0.25) is 9.59 Å². The molecule has 0 spiro atoms. The Hall–Kier alpha value is -2.04. The van der Waals surface area contributed by atoms with Crippen LogP contribution in [0, 0.1) is 6.92 Å².